The normalized spacial score (nSPS) is 17.2. The first-order valence-corrected chi connectivity index (χ1v) is 7.39. The smallest absolute Gasteiger partial charge is 0.134 e. The Hall–Kier alpha value is -0.830. The largest absolute Gasteiger partial charge is 0.356 e. The van der Waals surface area contributed by atoms with Crippen LogP contribution >= 0.6 is 11.6 Å². The van der Waals surface area contributed by atoms with Crippen LogP contribution < -0.4 is 4.90 Å². The van der Waals surface area contributed by atoms with Crippen molar-refractivity contribution in [1.29, 1.82) is 0 Å². The zero-order chi connectivity index (χ0) is 13.0. The third-order valence-electron chi connectivity index (χ3n) is 3.72. The van der Waals surface area contributed by atoms with E-state index in [2.05, 4.69) is 28.7 Å². The second kappa shape index (κ2) is 6.37. The van der Waals surface area contributed by atoms with Crippen LogP contribution in [0, 0.1) is 5.92 Å². The lowest BCUT2D eigenvalue weighted by Crippen LogP contribution is -2.34. The van der Waals surface area contributed by atoms with Crippen LogP contribution in [0.5, 0.6) is 0 Å². The molecule has 1 aromatic heterocycles. The Kier molecular flexibility index (Phi) is 4.81. The number of nitrogens with zero attached hydrogens (tertiary/aromatic N) is 3. The first-order chi connectivity index (χ1) is 8.72. The Bertz CT molecular complexity index is 387. The quantitative estimate of drug-likeness (QED) is 0.779. The van der Waals surface area contributed by atoms with E-state index >= 15 is 0 Å². The van der Waals surface area contributed by atoms with Crippen molar-refractivity contribution in [2.75, 3.05) is 18.0 Å². The molecule has 3 nitrogen and oxygen atoms in total. The van der Waals surface area contributed by atoms with Crippen LogP contribution in [-0.4, -0.2) is 23.1 Å². The van der Waals surface area contributed by atoms with Gasteiger partial charge in [-0.2, -0.15) is 0 Å². The molecule has 1 aromatic rings. The number of hydrogen-bond acceptors (Lipinski definition) is 3. The summed E-state index contributed by atoms with van der Waals surface area (Å²) in [5.41, 5.74) is 0. The molecule has 2 heterocycles. The van der Waals surface area contributed by atoms with Crippen molar-refractivity contribution in [3.63, 3.8) is 0 Å². The maximum Gasteiger partial charge on any atom is 0.134 e. The van der Waals surface area contributed by atoms with Gasteiger partial charge in [0.25, 0.3) is 0 Å². The summed E-state index contributed by atoms with van der Waals surface area (Å²) in [6.07, 6.45) is 5.78. The summed E-state index contributed by atoms with van der Waals surface area (Å²) in [5.74, 6) is 2.76. The topological polar surface area (TPSA) is 29.0 Å². The molecule has 0 aromatic carbocycles. The third kappa shape index (κ3) is 3.35. The molecule has 0 unspecified atom stereocenters. The van der Waals surface area contributed by atoms with Gasteiger partial charge < -0.3 is 4.90 Å². The summed E-state index contributed by atoms with van der Waals surface area (Å²) in [6, 6.07) is 1.90. The molecule has 1 aliphatic rings. The van der Waals surface area contributed by atoms with Crippen LogP contribution in [0.1, 0.15) is 45.4 Å². The molecule has 0 radical (unpaired) electrons. The van der Waals surface area contributed by atoms with Gasteiger partial charge >= 0.3 is 0 Å². The average molecular weight is 268 g/mol. The minimum atomic E-state index is 0.570. The maximum atomic E-state index is 6.08. The molecular formula is C14H22ClN3. The highest BCUT2D eigenvalue weighted by atomic mass is 35.5. The van der Waals surface area contributed by atoms with Crippen LogP contribution in [0.25, 0.3) is 0 Å². The predicted molar refractivity (Wildman–Crippen MR) is 76.3 cm³/mol. The summed E-state index contributed by atoms with van der Waals surface area (Å²) in [6.45, 7) is 6.60. The Morgan fingerprint density at radius 3 is 2.61 bits per heavy atom. The second-order valence-corrected chi connectivity index (χ2v) is 5.44. The van der Waals surface area contributed by atoms with Gasteiger partial charge in [-0.15, -0.1) is 0 Å². The highest BCUT2D eigenvalue weighted by Crippen LogP contribution is 2.25. The van der Waals surface area contributed by atoms with E-state index in [1.807, 2.05) is 6.07 Å². The van der Waals surface area contributed by atoms with E-state index < -0.39 is 0 Å². The number of piperidine rings is 1. The number of aryl methyl sites for hydroxylation is 1. The maximum absolute atomic E-state index is 6.08. The number of halogens is 1. The lowest BCUT2D eigenvalue weighted by atomic mass is 9.94. The summed E-state index contributed by atoms with van der Waals surface area (Å²) < 4.78 is 0. The van der Waals surface area contributed by atoms with Crippen molar-refractivity contribution < 1.29 is 0 Å². The summed E-state index contributed by atoms with van der Waals surface area (Å²) in [7, 11) is 0. The predicted octanol–water partition coefficient (Wildman–Crippen LogP) is 3.71. The molecule has 0 aliphatic carbocycles. The third-order valence-corrected chi connectivity index (χ3v) is 3.91. The molecule has 100 valence electrons. The molecule has 1 aliphatic heterocycles. The molecule has 0 amide bonds. The van der Waals surface area contributed by atoms with Crippen molar-refractivity contribution >= 4 is 17.4 Å². The van der Waals surface area contributed by atoms with Gasteiger partial charge in [0.15, 0.2) is 0 Å². The Balaban J connectivity index is 2.08. The van der Waals surface area contributed by atoms with Gasteiger partial charge in [0.05, 0.1) is 0 Å². The lowest BCUT2D eigenvalue weighted by Gasteiger charge is -2.32. The highest BCUT2D eigenvalue weighted by Gasteiger charge is 2.19. The molecular weight excluding hydrogens is 246 g/mol. The van der Waals surface area contributed by atoms with E-state index in [4.69, 9.17) is 11.6 Å². The fourth-order valence-corrected chi connectivity index (χ4v) is 2.71. The number of hydrogen-bond donors (Lipinski definition) is 0. The summed E-state index contributed by atoms with van der Waals surface area (Å²) in [4.78, 5) is 11.3. The monoisotopic (exact) mass is 267 g/mol. The molecule has 2 rings (SSSR count). The van der Waals surface area contributed by atoms with Crippen molar-refractivity contribution in [3.05, 3.63) is 17.0 Å². The fraction of sp³-hybridized carbons (Fsp3) is 0.714. The van der Waals surface area contributed by atoms with Gasteiger partial charge in [-0.1, -0.05) is 31.9 Å². The Labute approximate surface area is 115 Å². The molecule has 18 heavy (non-hydrogen) atoms. The zero-order valence-electron chi connectivity index (χ0n) is 11.3. The van der Waals surface area contributed by atoms with E-state index in [9.17, 15) is 0 Å². The minimum absolute atomic E-state index is 0.570. The van der Waals surface area contributed by atoms with E-state index in [1.54, 1.807) is 0 Å². The van der Waals surface area contributed by atoms with Gasteiger partial charge in [-0.25, -0.2) is 9.97 Å². The van der Waals surface area contributed by atoms with Gasteiger partial charge in [0, 0.05) is 25.6 Å². The number of aromatic nitrogens is 2. The molecule has 4 heteroatoms. The SMILES string of the molecule is CCCc1nc(Cl)cc(N2CCC(CC)CC2)n1. The van der Waals surface area contributed by atoms with Crippen LogP contribution in [0.4, 0.5) is 5.82 Å². The van der Waals surface area contributed by atoms with Crippen molar-refractivity contribution in [2.45, 2.75) is 46.0 Å². The van der Waals surface area contributed by atoms with Gasteiger partial charge in [-0.05, 0) is 25.2 Å². The highest BCUT2D eigenvalue weighted by molar-refractivity contribution is 6.29. The van der Waals surface area contributed by atoms with Gasteiger partial charge in [0.2, 0.25) is 0 Å². The van der Waals surface area contributed by atoms with Crippen molar-refractivity contribution in [2.24, 2.45) is 5.92 Å². The summed E-state index contributed by atoms with van der Waals surface area (Å²) in [5, 5.41) is 0.570. The standard InChI is InChI=1S/C14H22ClN3/c1-3-5-13-16-12(15)10-14(17-13)18-8-6-11(4-2)7-9-18/h10-11H,3-9H2,1-2H3. The number of anilines is 1. The molecule has 1 fully saturated rings. The minimum Gasteiger partial charge on any atom is -0.356 e. The number of rotatable bonds is 4. The molecule has 0 N–H and O–H groups in total. The molecule has 0 spiro atoms. The second-order valence-electron chi connectivity index (χ2n) is 5.05. The van der Waals surface area contributed by atoms with Crippen LogP contribution in [0.2, 0.25) is 5.15 Å². The molecule has 0 saturated carbocycles. The molecule has 0 atom stereocenters. The molecule has 1 saturated heterocycles. The Morgan fingerprint density at radius 2 is 2.00 bits per heavy atom. The average Bonchev–Trinajstić information content (AvgIpc) is 2.38. The van der Waals surface area contributed by atoms with Crippen molar-refractivity contribution in [1.82, 2.24) is 9.97 Å². The van der Waals surface area contributed by atoms with Crippen LogP contribution in [0.15, 0.2) is 6.07 Å². The lowest BCUT2D eigenvalue weighted by molar-refractivity contribution is 0.393. The first kappa shape index (κ1) is 13.6. The zero-order valence-corrected chi connectivity index (χ0v) is 12.1. The van der Waals surface area contributed by atoms with E-state index in [-0.39, 0.29) is 0 Å². The van der Waals surface area contributed by atoms with Crippen LogP contribution in [0.3, 0.4) is 0 Å². The van der Waals surface area contributed by atoms with Gasteiger partial charge in [0.1, 0.15) is 16.8 Å². The fourth-order valence-electron chi connectivity index (χ4n) is 2.52. The molecule has 0 bridgehead atoms. The first-order valence-electron chi connectivity index (χ1n) is 7.01. The Morgan fingerprint density at radius 1 is 1.28 bits per heavy atom. The van der Waals surface area contributed by atoms with Crippen molar-refractivity contribution in [3.8, 4) is 0 Å². The van der Waals surface area contributed by atoms with E-state index in [0.717, 1.165) is 43.5 Å². The van der Waals surface area contributed by atoms with Crippen LogP contribution in [-0.2, 0) is 6.42 Å². The summed E-state index contributed by atoms with van der Waals surface area (Å²) >= 11 is 6.08. The van der Waals surface area contributed by atoms with E-state index in [0.29, 0.717) is 5.15 Å². The van der Waals surface area contributed by atoms with Gasteiger partial charge in [-0.3, -0.25) is 0 Å². The van der Waals surface area contributed by atoms with E-state index in [1.165, 1.54) is 19.3 Å².